The lowest BCUT2D eigenvalue weighted by molar-refractivity contribution is 0.323. The molecule has 1 aliphatic heterocycles. The second kappa shape index (κ2) is 4.86. The highest BCUT2D eigenvalue weighted by molar-refractivity contribution is 9.10. The van der Waals surface area contributed by atoms with Gasteiger partial charge in [0.2, 0.25) is 0 Å². The van der Waals surface area contributed by atoms with Crippen molar-refractivity contribution < 1.29 is 4.74 Å². The van der Waals surface area contributed by atoms with E-state index in [0.29, 0.717) is 5.54 Å². The lowest BCUT2D eigenvalue weighted by Crippen LogP contribution is -2.44. The van der Waals surface area contributed by atoms with Gasteiger partial charge in [-0.25, -0.2) is 0 Å². The Balaban J connectivity index is 1.80. The van der Waals surface area contributed by atoms with Crippen LogP contribution in [0.5, 0.6) is 5.75 Å². The third kappa shape index (κ3) is 2.30. The number of benzene rings is 1. The van der Waals surface area contributed by atoms with Crippen molar-refractivity contribution in [1.29, 1.82) is 0 Å². The molecular formula is C15H20BrNO. The van der Waals surface area contributed by atoms with Crippen LogP contribution in [0.15, 0.2) is 22.7 Å². The van der Waals surface area contributed by atoms with Crippen molar-refractivity contribution in [2.24, 2.45) is 5.92 Å². The van der Waals surface area contributed by atoms with Gasteiger partial charge in [0.25, 0.3) is 0 Å². The molecule has 2 aliphatic rings. The number of hydrogen-bond acceptors (Lipinski definition) is 2. The molecule has 1 aromatic rings. The molecule has 0 spiro atoms. The minimum atomic E-state index is 0.383. The molecule has 0 amide bonds. The van der Waals surface area contributed by atoms with Gasteiger partial charge in [-0.3, -0.25) is 0 Å². The summed E-state index contributed by atoms with van der Waals surface area (Å²) >= 11 is 3.58. The Hall–Kier alpha value is -0.540. The molecule has 3 heteroatoms. The summed E-state index contributed by atoms with van der Waals surface area (Å²) in [5, 5.41) is 3.78. The number of nitrogens with one attached hydrogen (secondary N) is 1. The highest BCUT2D eigenvalue weighted by Gasteiger charge is 2.46. The van der Waals surface area contributed by atoms with E-state index >= 15 is 0 Å². The van der Waals surface area contributed by atoms with Crippen LogP contribution < -0.4 is 10.1 Å². The van der Waals surface area contributed by atoms with Gasteiger partial charge in [0.05, 0.1) is 11.6 Å². The average Bonchev–Trinajstić information content (AvgIpc) is 3.12. The summed E-state index contributed by atoms with van der Waals surface area (Å²) in [7, 11) is 1.71. The second-order valence-electron chi connectivity index (χ2n) is 5.61. The van der Waals surface area contributed by atoms with E-state index in [-0.39, 0.29) is 0 Å². The topological polar surface area (TPSA) is 21.3 Å². The van der Waals surface area contributed by atoms with Crippen LogP contribution >= 0.6 is 15.9 Å². The monoisotopic (exact) mass is 309 g/mol. The van der Waals surface area contributed by atoms with E-state index in [1.54, 1.807) is 7.11 Å². The highest BCUT2D eigenvalue weighted by Crippen LogP contribution is 2.46. The van der Waals surface area contributed by atoms with Gasteiger partial charge in [0.15, 0.2) is 0 Å². The summed E-state index contributed by atoms with van der Waals surface area (Å²) in [5.41, 5.74) is 1.79. The van der Waals surface area contributed by atoms with Crippen LogP contribution in [-0.2, 0) is 6.42 Å². The molecule has 1 atom stereocenters. The zero-order valence-electron chi connectivity index (χ0n) is 10.8. The Morgan fingerprint density at radius 3 is 2.83 bits per heavy atom. The number of rotatable bonds is 4. The van der Waals surface area contributed by atoms with Crippen molar-refractivity contribution in [1.82, 2.24) is 5.32 Å². The third-order valence-corrected chi connectivity index (χ3v) is 4.99. The smallest absolute Gasteiger partial charge is 0.133 e. The molecule has 1 aromatic carbocycles. The zero-order chi connectivity index (χ0) is 12.6. The number of halogens is 1. The van der Waals surface area contributed by atoms with Crippen LogP contribution in [0.4, 0.5) is 0 Å². The summed E-state index contributed by atoms with van der Waals surface area (Å²) < 4.78 is 6.35. The van der Waals surface area contributed by atoms with E-state index in [0.717, 1.165) is 22.6 Å². The average molecular weight is 310 g/mol. The lowest BCUT2D eigenvalue weighted by Gasteiger charge is -2.30. The van der Waals surface area contributed by atoms with Crippen LogP contribution in [0, 0.1) is 5.92 Å². The normalized spacial score (nSPS) is 27.4. The molecule has 1 saturated carbocycles. The van der Waals surface area contributed by atoms with Crippen LogP contribution in [0.2, 0.25) is 0 Å². The number of ether oxygens (including phenoxy) is 1. The second-order valence-corrected chi connectivity index (χ2v) is 6.46. The fraction of sp³-hybridized carbons (Fsp3) is 0.600. The Morgan fingerprint density at radius 1 is 1.44 bits per heavy atom. The van der Waals surface area contributed by atoms with Crippen molar-refractivity contribution in [2.45, 2.75) is 37.6 Å². The molecule has 2 nitrogen and oxygen atoms in total. The first kappa shape index (κ1) is 12.5. The predicted molar refractivity (Wildman–Crippen MR) is 77.1 cm³/mol. The summed E-state index contributed by atoms with van der Waals surface area (Å²) in [6.07, 6.45) is 6.63. The Kier molecular flexibility index (Phi) is 3.37. The molecule has 1 saturated heterocycles. The molecule has 1 heterocycles. The maximum absolute atomic E-state index is 5.29. The van der Waals surface area contributed by atoms with Crippen molar-refractivity contribution in [3.05, 3.63) is 28.2 Å². The maximum atomic E-state index is 5.29. The van der Waals surface area contributed by atoms with E-state index in [1.165, 1.54) is 37.8 Å². The molecule has 1 N–H and O–H groups in total. The van der Waals surface area contributed by atoms with Gasteiger partial charge >= 0.3 is 0 Å². The molecule has 1 aliphatic carbocycles. The third-order valence-electron chi connectivity index (χ3n) is 4.37. The fourth-order valence-electron chi connectivity index (χ4n) is 3.29. The molecule has 18 heavy (non-hydrogen) atoms. The zero-order valence-corrected chi connectivity index (χ0v) is 12.4. The summed E-state index contributed by atoms with van der Waals surface area (Å²) in [6.45, 7) is 1.19. The van der Waals surface area contributed by atoms with Gasteiger partial charge in [0, 0.05) is 5.54 Å². The SMILES string of the molecule is COc1ccc(CC2(C3CC3)CCCN2)cc1Br. The predicted octanol–water partition coefficient (Wildman–Crippen LogP) is 3.53. The number of methoxy groups -OCH3 is 1. The van der Waals surface area contributed by atoms with Crippen molar-refractivity contribution >= 4 is 15.9 Å². The van der Waals surface area contributed by atoms with Gasteiger partial charge in [-0.1, -0.05) is 6.07 Å². The minimum absolute atomic E-state index is 0.383. The molecule has 0 bridgehead atoms. The first-order valence-electron chi connectivity index (χ1n) is 6.81. The van der Waals surface area contributed by atoms with Crippen LogP contribution in [0.25, 0.3) is 0 Å². The first-order valence-corrected chi connectivity index (χ1v) is 7.60. The molecule has 3 rings (SSSR count). The van der Waals surface area contributed by atoms with Gasteiger partial charge in [-0.05, 0) is 78.2 Å². The van der Waals surface area contributed by atoms with Crippen LogP contribution in [0.1, 0.15) is 31.2 Å². The minimum Gasteiger partial charge on any atom is -0.496 e. The number of hydrogen-bond donors (Lipinski definition) is 1. The summed E-state index contributed by atoms with van der Waals surface area (Å²) in [5.74, 6) is 1.82. The molecular weight excluding hydrogens is 290 g/mol. The summed E-state index contributed by atoms with van der Waals surface area (Å²) in [4.78, 5) is 0. The molecule has 0 radical (unpaired) electrons. The van der Waals surface area contributed by atoms with Gasteiger partial charge in [0.1, 0.15) is 5.75 Å². The fourth-order valence-corrected chi connectivity index (χ4v) is 3.88. The maximum Gasteiger partial charge on any atom is 0.133 e. The Morgan fingerprint density at radius 2 is 2.28 bits per heavy atom. The molecule has 98 valence electrons. The van der Waals surface area contributed by atoms with E-state index < -0.39 is 0 Å². The molecule has 1 unspecified atom stereocenters. The van der Waals surface area contributed by atoms with Gasteiger partial charge in [-0.2, -0.15) is 0 Å². The largest absolute Gasteiger partial charge is 0.496 e. The Bertz CT molecular complexity index is 436. The summed E-state index contributed by atoms with van der Waals surface area (Å²) in [6, 6.07) is 6.48. The van der Waals surface area contributed by atoms with Crippen LogP contribution in [-0.4, -0.2) is 19.2 Å². The lowest BCUT2D eigenvalue weighted by atomic mass is 9.84. The molecule has 2 fully saturated rings. The van der Waals surface area contributed by atoms with Crippen molar-refractivity contribution in [3.8, 4) is 5.75 Å². The van der Waals surface area contributed by atoms with E-state index in [4.69, 9.17) is 4.74 Å². The van der Waals surface area contributed by atoms with Gasteiger partial charge < -0.3 is 10.1 Å². The molecule has 0 aromatic heterocycles. The van der Waals surface area contributed by atoms with E-state index in [9.17, 15) is 0 Å². The van der Waals surface area contributed by atoms with E-state index in [1.807, 2.05) is 0 Å². The standard InChI is InChI=1S/C15H20BrNO/c1-18-14-6-3-11(9-13(14)16)10-15(12-4-5-12)7-2-8-17-15/h3,6,9,12,17H,2,4-5,7-8,10H2,1H3. The first-order chi connectivity index (χ1) is 8.73. The highest BCUT2D eigenvalue weighted by atomic mass is 79.9. The van der Waals surface area contributed by atoms with Crippen molar-refractivity contribution in [2.75, 3.05) is 13.7 Å². The quantitative estimate of drug-likeness (QED) is 0.918. The van der Waals surface area contributed by atoms with Crippen LogP contribution in [0.3, 0.4) is 0 Å². The Labute approximate surface area is 117 Å². The van der Waals surface area contributed by atoms with Crippen molar-refractivity contribution in [3.63, 3.8) is 0 Å². The van der Waals surface area contributed by atoms with Gasteiger partial charge in [-0.15, -0.1) is 0 Å². The van der Waals surface area contributed by atoms with E-state index in [2.05, 4.69) is 39.4 Å².